The van der Waals surface area contributed by atoms with E-state index in [-0.39, 0.29) is 0 Å². The summed E-state index contributed by atoms with van der Waals surface area (Å²) >= 11 is 0. The standard InChI is InChI=1S/C29H31N2/c1-19-14-20(2)21(3)26(15-19)29-16-23-10-7-11-25(27(23)18-31(29)4)28-13-12-24(17-30-28)22-8-5-6-9-22/h7,10-18,22H,5-6,8-9H2,1-4H3/q+1. The Hall–Kier alpha value is -3.00. The SMILES string of the molecule is Cc1cc(C)c(C)c(-c2cc3cccc(-c4ccc(C5CCCC5)cn4)c3c[n+]2C)c1. The highest BCUT2D eigenvalue weighted by Gasteiger charge is 2.19. The van der Waals surface area contributed by atoms with Gasteiger partial charge in [0.05, 0.1) is 11.1 Å². The zero-order valence-electron chi connectivity index (χ0n) is 19.1. The molecule has 156 valence electrons. The number of hydrogen-bond acceptors (Lipinski definition) is 1. The number of pyridine rings is 2. The minimum Gasteiger partial charge on any atom is -0.256 e. The minimum atomic E-state index is 0.704. The zero-order valence-corrected chi connectivity index (χ0v) is 19.1. The molecule has 0 atom stereocenters. The largest absolute Gasteiger partial charge is 0.256 e. The van der Waals surface area contributed by atoms with Crippen LogP contribution in [0.2, 0.25) is 0 Å². The van der Waals surface area contributed by atoms with Crippen LogP contribution in [0, 0.1) is 20.8 Å². The van der Waals surface area contributed by atoms with Crippen molar-refractivity contribution in [2.24, 2.45) is 7.05 Å². The van der Waals surface area contributed by atoms with Gasteiger partial charge >= 0.3 is 0 Å². The summed E-state index contributed by atoms with van der Waals surface area (Å²) in [7, 11) is 2.15. The van der Waals surface area contributed by atoms with E-state index in [4.69, 9.17) is 4.98 Å². The maximum absolute atomic E-state index is 4.88. The predicted molar refractivity (Wildman–Crippen MR) is 129 cm³/mol. The van der Waals surface area contributed by atoms with Crippen LogP contribution in [0.4, 0.5) is 0 Å². The molecule has 4 aromatic rings. The van der Waals surface area contributed by atoms with Gasteiger partial charge in [-0.2, -0.15) is 0 Å². The van der Waals surface area contributed by atoms with Gasteiger partial charge in [-0.15, -0.1) is 0 Å². The van der Waals surface area contributed by atoms with Gasteiger partial charge in [0.1, 0.15) is 7.05 Å². The van der Waals surface area contributed by atoms with Crippen molar-refractivity contribution in [3.05, 3.63) is 83.2 Å². The molecule has 0 aliphatic heterocycles. The second-order valence-corrected chi connectivity index (χ2v) is 9.29. The molecular formula is C29H31N2+. The van der Waals surface area contributed by atoms with E-state index in [1.165, 1.54) is 75.5 Å². The summed E-state index contributed by atoms with van der Waals surface area (Å²) in [6, 6.07) is 18.0. The van der Waals surface area contributed by atoms with Gasteiger partial charge in [-0.3, -0.25) is 4.98 Å². The summed E-state index contributed by atoms with van der Waals surface area (Å²) in [6.07, 6.45) is 9.71. The van der Waals surface area contributed by atoms with Gasteiger partial charge in [-0.25, -0.2) is 4.57 Å². The summed E-state index contributed by atoms with van der Waals surface area (Å²) < 4.78 is 2.26. The molecule has 0 radical (unpaired) electrons. The van der Waals surface area contributed by atoms with Gasteiger partial charge in [0.25, 0.3) is 0 Å². The molecule has 0 saturated heterocycles. The highest BCUT2D eigenvalue weighted by molar-refractivity contribution is 5.96. The normalized spacial score (nSPS) is 14.5. The topological polar surface area (TPSA) is 16.8 Å². The molecule has 0 spiro atoms. The molecule has 2 heterocycles. The molecule has 1 aliphatic rings. The number of nitrogens with zero attached hydrogens (tertiary/aromatic N) is 2. The van der Waals surface area contributed by atoms with Crippen molar-refractivity contribution in [2.75, 3.05) is 0 Å². The summed E-state index contributed by atoms with van der Waals surface area (Å²) in [5, 5.41) is 2.50. The van der Waals surface area contributed by atoms with Gasteiger partial charge in [-0.05, 0) is 73.7 Å². The molecule has 0 N–H and O–H groups in total. The summed E-state index contributed by atoms with van der Waals surface area (Å²) in [6.45, 7) is 6.60. The molecule has 0 bridgehead atoms. The van der Waals surface area contributed by atoms with Crippen molar-refractivity contribution >= 4 is 10.8 Å². The van der Waals surface area contributed by atoms with Crippen molar-refractivity contribution < 1.29 is 4.57 Å². The number of hydrogen-bond donors (Lipinski definition) is 0. The number of rotatable bonds is 3. The first-order valence-electron chi connectivity index (χ1n) is 11.5. The van der Waals surface area contributed by atoms with Crippen LogP contribution >= 0.6 is 0 Å². The molecule has 2 heteroatoms. The quantitative estimate of drug-likeness (QED) is 0.335. The Morgan fingerprint density at radius 3 is 2.45 bits per heavy atom. The van der Waals surface area contributed by atoms with Gasteiger partial charge in [0.2, 0.25) is 5.69 Å². The van der Waals surface area contributed by atoms with E-state index >= 15 is 0 Å². The Labute approximate surface area is 185 Å². The molecule has 1 aliphatic carbocycles. The second-order valence-electron chi connectivity index (χ2n) is 9.29. The molecular weight excluding hydrogens is 376 g/mol. The summed E-state index contributed by atoms with van der Waals surface area (Å²) in [5.41, 5.74) is 10.2. The smallest absolute Gasteiger partial charge is 0.213 e. The first kappa shape index (κ1) is 19.9. The third-order valence-electron chi connectivity index (χ3n) is 7.11. The highest BCUT2D eigenvalue weighted by Crippen LogP contribution is 2.35. The van der Waals surface area contributed by atoms with Crippen LogP contribution in [0.1, 0.15) is 53.9 Å². The lowest BCUT2D eigenvalue weighted by molar-refractivity contribution is -0.659. The van der Waals surface area contributed by atoms with Crippen molar-refractivity contribution in [1.82, 2.24) is 4.98 Å². The van der Waals surface area contributed by atoms with Crippen LogP contribution in [-0.2, 0) is 7.05 Å². The van der Waals surface area contributed by atoms with Gasteiger partial charge in [-0.1, -0.05) is 48.7 Å². The molecule has 0 amide bonds. The van der Waals surface area contributed by atoms with Crippen molar-refractivity contribution in [2.45, 2.75) is 52.4 Å². The number of aromatic nitrogens is 2. The van der Waals surface area contributed by atoms with Crippen LogP contribution in [0.15, 0.2) is 60.9 Å². The monoisotopic (exact) mass is 407 g/mol. The van der Waals surface area contributed by atoms with Crippen molar-refractivity contribution in [3.8, 4) is 22.5 Å². The van der Waals surface area contributed by atoms with Gasteiger partial charge < -0.3 is 0 Å². The van der Waals surface area contributed by atoms with E-state index in [2.05, 4.69) is 93.3 Å². The maximum Gasteiger partial charge on any atom is 0.213 e. The average Bonchev–Trinajstić information content (AvgIpc) is 3.31. The molecule has 0 unspecified atom stereocenters. The zero-order chi connectivity index (χ0) is 21.5. The second kappa shape index (κ2) is 7.92. The van der Waals surface area contributed by atoms with Crippen molar-refractivity contribution in [1.29, 1.82) is 0 Å². The first-order valence-corrected chi connectivity index (χ1v) is 11.5. The van der Waals surface area contributed by atoms with Crippen LogP contribution in [0.25, 0.3) is 33.3 Å². The average molecular weight is 408 g/mol. The van der Waals surface area contributed by atoms with Gasteiger partial charge in [0, 0.05) is 23.4 Å². The van der Waals surface area contributed by atoms with Crippen molar-refractivity contribution in [3.63, 3.8) is 0 Å². The van der Waals surface area contributed by atoms with E-state index in [9.17, 15) is 0 Å². The fourth-order valence-corrected chi connectivity index (χ4v) is 5.23. The third-order valence-corrected chi connectivity index (χ3v) is 7.11. The highest BCUT2D eigenvalue weighted by atomic mass is 14.9. The first-order chi connectivity index (χ1) is 15.0. The van der Waals surface area contributed by atoms with E-state index in [0.717, 1.165) is 5.69 Å². The Morgan fingerprint density at radius 1 is 0.903 bits per heavy atom. The predicted octanol–water partition coefficient (Wildman–Crippen LogP) is 6.98. The van der Waals surface area contributed by atoms with E-state index in [0.29, 0.717) is 5.92 Å². The molecule has 2 aromatic carbocycles. The van der Waals surface area contributed by atoms with E-state index in [1.54, 1.807) is 0 Å². The fraction of sp³-hybridized carbons (Fsp3) is 0.310. The molecule has 2 aromatic heterocycles. The Morgan fingerprint density at radius 2 is 1.71 bits per heavy atom. The summed E-state index contributed by atoms with van der Waals surface area (Å²) in [4.78, 5) is 4.88. The number of benzene rings is 2. The Bertz CT molecular complexity index is 1260. The summed E-state index contributed by atoms with van der Waals surface area (Å²) in [5.74, 6) is 0.704. The van der Waals surface area contributed by atoms with Crippen LogP contribution in [0.5, 0.6) is 0 Å². The molecule has 1 fully saturated rings. The number of fused-ring (bicyclic) bond motifs is 1. The molecule has 2 nitrogen and oxygen atoms in total. The van der Waals surface area contributed by atoms with Crippen LogP contribution in [0.3, 0.4) is 0 Å². The lowest BCUT2D eigenvalue weighted by Crippen LogP contribution is -2.30. The Kier molecular flexibility index (Phi) is 5.09. The fourth-order valence-electron chi connectivity index (χ4n) is 5.23. The van der Waals surface area contributed by atoms with Crippen LogP contribution < -0.4 is 4.57 Å². The lowest BCUT2D eigenvalue weighted by atomic mass is 9.95. The lowest BCUT2D eigenvalue weighted by Gasteiger charge is -2.12. The Balaban J connectivity index is 1.60. The molecule has 1 saturated carbocycles. The third kappa shape index (κ3) is 3.65. The molecule has 5 rings (SSSR count). The number of aryl methyl sites for hydroxylation is 3. The van der Waals surface area contributed by atoms with E-state index in [1.807, 2.05) is 0 Å². The van der Waals surface area contributed by atoms with E-state index < -0.39 is 0 Å². The minimum absolute atomic E-state index is 0.704. The molecule has 31 heavy (non-hydrogen) atoms. The maximum atomic E-state index is 4.88. The van der Waals surface area contributed by atoms with Crippen LogP contribution in [-0.4, -0.2) is 4.98 Å². The van der Waals surface area contributed by atoms with Gasteiger partial charge in [0.15, 0.2) is 6.20 Å².